The van der Waals surface area contributed by atoms with Gasteiger partial charge in [-0.05, 0) is 37.5 Å². The largest absolute Gasteiger partial charge is 0.361 e. The number of hydrogen-bond acceptors (Lipinski definition) is 4. The van der Waals surface area contributed by atoms with Crippen molar-refractivity contribution in [2.24, 2.45) is 0 Å². The average molecular weight is 308 g/mol. The monoisotopic (exact) mass is 308 g/mol. The summed E-state index contributed by atoms with van der Waals surface area (Å²) in [6, 6.07) is 9.36. The molecule has 0 atom stereocenters. The van der Waals surface area contributed by atoms with E-state index in [1.807, 2.05) is 45.0 Å². The third-order valence-corrected chi connectivity index (χ3v) is 4.23. The number of rotatable bonds is 5. The highest BCUT2D eigenvalue weighted by atomic mass is 32.2. The highest BCUT2D eigenvalue weighted by molar-refractivity contribution is 7.87. The molecule has 0 aliphatic carbocycles. The Kier molecular flexibility index (Phi) is 4.37. The van der Waals surface area contributed by atoms with E-state index in [1.165, 1.54) is 4.68 Å². The standard InChI is InChI=1S/C15H20N2O3S/c1-5-21(18,19)20-15-10-14(11(2)3)16-17(15)13-8-6-7-12(4)9-13/h6-11H,5H2,1-4H3. The second-order valence-electron chi connectivity index (χ2n) is 5.24. The van der Waals surface area contributed by atoms with Gasteiger partial charge in [-0.15, -0.1) is 0 Å². The zero-order valence-electron chi connectivity index (χ0n) is 12.7. The second kappa shape index (κ2) is 5.89. The lowest BCUT2D eigenvalue weighted by Crippen LogP contribution is -2.14. The molecule has 6 heteroatoms. The van der Waals surface area contributed by atoms with Crippen molar-refractivity contribution in [3.63, 3.8) is 0 Å². The van der Waals surface area contributed by atoms with Gasteiger partial charge in [-0.25, -0.2) is 0 Å². The molecule has 0 fully saturated rings. The first-order chi connectivity index (χ1) is 9.82. The minimum Gasteiger partial charge on any atom is -0.361 e. The molecule has 5 nitrogen and oxygen atoms in total. The van der Waals surface area contributed by atoms with Crippen LogP contribution in [0.25, 0.3) is 5.69 Å². The maximum absolute atomic E-state index is 11.7. The van der Waals surface area contributed by atoms with Crippen LogP contribution < -0.4 is 4.18 Å². The summed E-state index contributed by atoms with van der Waals surface area (Å²) in [6.07, 6.45) is 0. The first-order valence-corrected chi connectivity index (χ1v) is 8.49. The fourth-order valence-corrected chi connectivity index (χ4v) is 2.35. The predicted molar refractivity (Wildman–Crippen MR) is 82.5 cm³/mol. The van der Waals surface area contributed by atoms with Crippen molar-refractivity contribution in [2.75, 3.05) is 5.75 Å². The van der Waals surface area contributed by atoms with E-state index in [1.54, 1.807) is 13.0 Å². The Morgan fingerprint density at radius 2 is 2.00 bits per heavy atom. The van der Waals surface area contributed by atoms with E-state index in [9.17, 15) is 8.42 Å². The molecular formula is C15H20N2O3S. The van der Waals surface area contributed by atoms with Crippen LogP contribution in [0.5, 0.6) is 5.88 Å². The summed E-state index contributed by atoms with van der Waals surface area (Å²) in [6.45, 7) is 7.52. The van der Waals surface area contributed by atoms with Crippen molar-refractivity contribution in [1.29, 1.82) is 0 Å². The van der Waals surface area contributed by atoms with Gasteiger partial charge in [-0.2, -0.15) is 18.2 Å². The third kappa shape index (κ3) is 3.64. The van der Waals surface area contributed by atoms with Crippen molar-refractivity contribution in [2.45, 2.75) is 33.6 Å². The van der Waals surface area contributed by atoms with Crippen LogP contribution in [0.4, 0.5) is 0 Å². The Hall–Kier alpha value is -1.82. The number of aryl methyl sites for hydroxylation is 1. The van der Waals surface area contributed by atoms with E-state index < -0.39 is 10.1 Å². The van der Waals surface area contributed by atoms with Gasteiger partial charge < -0.3 is 4.18 Å². The summed E-state index contributed by atoms with van der Waals surface area (Å²) in [5, 5.41) is 4.47. The van der Waals surface area contributed by atoms with Gasteiger partial charge in [0.05, 0.1) is 17.1 Å². The minimum atomic E-state index is -3.59. The van der Waals surface area contributed by atoms with E-state index in [2.05, 4.69) is 5.10 Å². The smallest absolute Gasteiger partial charge is 0.310 e. The van der Waals surface area contributed by atoms with Crippen molar-refractivity contribution in [1.82, 2.24) is 9.78 Å². The van der Waals surface area contributed by atoms with Gasteiger partial charge in [0.1, 0.15) is 0 Å². The highest BCUT2D eigenvalue weighted by Crippen LogP contribution is 2.25. The predicted octanol–water partition coefficient (Wildman–Crippen LogP) is 3.03. The van der Waals surface area contributed by atoms with Crippen LogP contribution in [-0.4, -0.2) is 24.0 Å². The van der Waals surface area contributed by atoms with Gasteiger partial charge in [-0.1, -0.05) is 26.0 Å². The molecule has 0 bridgehead atoms. The molecule has 21 heavy (non-hydrogen) atoms. The number of benzene rings is 1. The van der Waals surface area contributed by atoms with Gasteiger partial charge in [0, 0.05) is 6.07 Å². The normalized spacial score (nSPS) is 11.9. The lowest BCUT2D eigenvalue weighted by Gasteiger charge is -2.08. The SMILES string of the molecule is CCS(=O)(=O)Oc1cc(C(C)C)nn1-c1cccc(C)c1. The molecular weight excluding hydrogens is 288 g/mol. The van der Waals surface area contributed by atoms with Gasteiger partial charge in [0.25, 0.3) is 0 Å². The van der Waals surface area contributed by atoms with Crippen LogP contribution in [0.1, 0.15) is 37.9 Å². The summed E-state index contributed by atoms with van der Waals surface area (Å²) in [5.41, 5.74) is 2.64. The third-order valence-electron chi connectivity index (χ3n) is 3.10. The zero-order valence-corrected chi connectivity index (χ0v) is 13.5. The molecule has 0 unspecified atom stereocenters. The molecule has 1 aromatic heterocycles. The lowest BCUT2D eigenvalue weighted by molar-refractivity contribution is 0.466. The lowest BCUT2D eigenvalue weighted by atomic mass is 10.1. The molecule has 0 spiro atoms. The number of hydrogen-bond donors (Lipinski definition) is 0. The van der Waals surface area contributed by atoms with Gasteiger partial charge >= 0.3 is 10.1 Å². The van der Waals surface area contributed by atoms with Crippen molar-refractivity contribution in [3.05, 3.63) is 41.6 Å². The summed E-state index contributed by atoms with van der Waals surface area (Å²) < 4.78 is 30.2. The first kappa shape index (κ1) is 15.6. The average Bonchev–Trinajstić information content (AvgIpc) is 2.82. The molecule has 0 amide bonds. The molecule has 2 aromatic rings. The van der Waals surface area contributed by atoms with Crippen molar-refractivity contribution < 1.29 is 12.6 Å². The van der Waals surface area contributed by atoms with E-state index in [4.69, 9.17) is 4.18 Å². The molecule has 2 rings (SSSR count). The van der Waals surface area contributed by atoms with E-state index in [-0.39, 0.29) is 17.6 Å². The quantitative estimate of drug-likeness (QED) is 0.797. The number of nitrogens with zero attached hydrogens (tertiary/aromatic N) is 2. The van der Waals surface area contributed by atoms with Crippen molar-refractivity contribution in [3.8, 4) is 11.6 Å². The van der Waals surface area contributed by atoms with Gasteiger partial charge in [0.15, 0.2) is 0 Å². The van der Waals surface area contributed by atoms with Crippen LogP contribution in [0.3, 0.4) is 0 Å². The summed E-state index contributed by atoms with van der Waals surface area (Å²) in [7, 11) is -3.59. The molecule has 0 radical (unpaired) electrons. The van der Waals surface area contributed by atoms with Crippen LogP contribution in [0.2, 0.25) is 0 Å². The number of aromatic nitrogens is 2. The van der Waals surface area contributed by atoms with Gasteiger partial charge in [-0.3, -0.25) is 0 Å². The van der Waals surface area contributed by atoms with Crippen LogP contribution in [0.15, 0.2) is 30.3 Å². The van der Waals surface area contributed by atoms with E-state index in [0.29, 0.717) is 0 Å². The molecule has 0 saturated heterocycles. The molecule has 0 N–H and O–H groups in total. The fourth-order valence-electron chi connectivity index (χ4n) is 1.86. The molecule has 114 valence electrons. The maximum atomic E-state index is 11.7. The topological polar surface area (TPSA) is 61.2 Å². The molecule has 1 heterocycles. The maximum Gasteiger partial charge on any atom is 0.310 e. The Morgan fingerprint density at radius 1 is 1.29 bits per heavy atom. The minimum absolute atomic E-state index is 0.0803. The Labute approximate surface area is 125 Å². The van der Waals surface area contributed by atoms with E-state index in [0.717, 1.165) is 16.9 Å². The Balaban J connectivity index is 2.53. The van der Waals surface area contributed by atoms with Crippen LogP contribution >= 0.6 is 0 Å². The second-order valence-corrected chi connectivity index (χ2v) is 7.10. The summed E-state index contributed by atoms with van der Waals surface area (Å²) >= 11 is 0. The molecule has 0 aliphatic rings. The molecule has 1 aromatic carbocycles. The first-order valence-electron chi connectivity index (χ1n) is 6.91. The Bertz CT molecular complexity index is 733. The highest BCUT2D eigenvalue weighted by Gasteiger charge is 2.18. The molecule has 0 saturated carbocycles. The van der Waals surface area contributed by atoms with Crippen LogP contribution in [0, 0.1) is 6.92 Å². The van der Waals surface area contributed by atoms with E-state index >= 15 is 0 Å². The van der Waals surface area contributed by atoms with Crippen LogP contribution in [-0.2, 0) is 10.1 Å². The summed E-state index contributed by atoms with van der Waals surface area (Å²) in [4.78, 5) is 0. The molecule has 0 aliphatic heterocycles. The van der Waals surface area contributed by atoms with Crippen molar-refractivity contribution >= 4 is 10.1 Å². The Morgan fingerprint density at radius 3 is 2.57 bits per heavy atom. The zero-order chi connectivity index (χ0) is 15.6. The fraction of sp³-hybridized carbons (Fsp3) is 0.400. The summed E-state index contributed by atoms with van der Waals surface area (Å²) in [5.74, 6) is 0.331. The van der Waals surface area contributed by atoms with Gasteiger partial charge in [0.2, 0.25) is 5.88 Å².